The second kappa shape index (κ2) is 9.73. The molecule has 0 amide bonds. The molecule has 0 saturated carbocycles. The van der Waals surface area contributed by atoms with Crippen molar-refractivity contribution in [3.63, 3.8) is 0 Å². The second-order valence-corrected chi connectivity index (χ2v) is 6.75. The van der Waals surface area contributed by atoms with Crippen molar-refractivity contribution in [3.05, 3.63) is 0 Å². The van der Waals surface area contributed by atoms with E-state index in [1.807, 2.05) is 0 Å². The lowest BCUT2D eigenvalue weighted by Crippen LogP contribution is -2.43. The number of hydrogen-bond acceptors (Lipinski definition) is 3. The van der Waals surface area contributed by atoms with Crippen LogP contribution >= 0.6 is 0 Å². The molecule has 1 saturated heterocycles. The summed E-state index contributed by atoms with van der Waals surface area (Å²) in [6.45, 7) is 15.7. The molecule has 1 aliphatic rings. The zero-order valence-corrected chi connectivity index (χ0v) is 13.5. The lowest BCUT2D eigenvalue weighted by molar-refractivity contribution is 0.106. The van der Waals surface area contributed by atoms with Crippen molar-refractivity contribution in [1.82, 2.24) is 10.2 Å². The van der Waals surface area contributed by atoms with E-state index in [9.17, 15) is 0 Å². The summed E-state index contributed by atoms with van der Waals surface area (Å²) in [7, 11) is 0. The Morgan fingerprint density at radius 2 is 1.79 bits per heavy atom. The van der Waals surface area contributed by atoms with E-state index >= 15 is 0 Å². The van der Waals surface area contributed by atoms with Crippen molar-refractivity contribution >= 4 is 0 Å². The van der Waals surface area contributed by atoms with E-state index in [-0.39, 0.29) is 0 Å². The summed E-state index contributed by atoms with van der Waals surface area (Å²) in [4.78, 5) is 2.61. The van der Waals surface area contributed by atoms with Gasteiger partial charge in [0.1, 0.15) is 0 Å². The van der Waals surface area contributed by atoms with E-state index in [1.54, 1.807) is 0 Å². The predicted octanol–water partition coefficient (Wildman–Crippen LogP) is 2.76. The van der Waals surface area contributed by atoms with Crippen LogP contribution in [0.5, 0.6) is 0 Å². The molecule has 19 heavy (non-hydrogen) atoms. The monoisotopic (exact) mass is 270 g/mol. The van der Waals surface area contributed by atoms with Crippen molar-refractivity contribution in [2.75, 3.05) is 39.4 Å². The lowest BCUT2D eigenvalue weighted by atomic mass is 10.0. The average molecular weight is 270 g/mol. The number of rotatable bonds is 9. The molecule has 0 aliphatic carbocycles. The Labute approximate surface area is 120 Å². The van der Waals surface area contributed by atoms with E-state index in [0.717, 1.165) is 38.1 Å². The minimum atomic E-state index is 0.651. The van der Waals surface area contributed by atoms with Crippen LogP contribution in [0.2, 0.25) is 0 Å². The Morgan fingerprint density at radius 1 is 1.11 bits per heavy atom. The number of hydrogen-bond donors (Lipinski definition) is 1. The molecule has 3 nitrogen and oxygen atoms in total. The van der Waals surface area contributed by atoms with Crippen LogP contribution in [0.3, 0.4) is 0 Å². The van der Waals surface area contributed by atoms with Crippen LogP contribution in [0.25, 0.3) is 0 Å². The van der Waals surface area contributed by atoms with Gasteiger partial charge in [0.15, 0.2) is 0 Å². The molecule has 1 heterocycles. The van der Waals surface area contributed by atoms with Gasteiger partial charge in [0.05, 0.1) is 0 Å². The number of piperidine rings is 1. The molecule has 3 heteroatoms. The Kier molecular flexibility index (Phi) is 8.67. The van der Waals surface area contributed by atoms with Gasteiger partial charge in [-0.3, -0.25) is 0 Å². The first-order valence-electron chi connectivity index (χ1n) is 8.11. The standard InChI is InChI=1S/C16H34N2O/c1-14(2)12-18-9-6-16(7-10-18)17-8-5-11-19-13-15(3)4/h14-17H,5-13H2,1-4H3. The fourth-order valence-corrected chi connectivity index (χ4v) is 2.64. The normalized spacial score (nSPS) is 18.6. The first kappa shape index (κ1) is 16.9. The van der Waals surface area contributed by atoms with Gasteiger partial charge in [-0.2, -0.15) is 0 Å². The van der Waals surface area contributed by atoms with E-state index < -0.39 is 0 Å². The molecule has 0 aromatic carbocycles. The molecule has 0 spiro atoms. The molecule has 0 atom stereocenters. The van der Waals surface area contributed by atoms with Crippen molar-refractivity contribution in [2.45, 2.75) is 53.0 Å². The molecule has 0 bridgehead atoms. The van der Waals surface area contributed by atoms with Crippen molar-refractivity contribution in [3.8, 4) is 0 Å². The maximum absolute atomic E-state index is 5.60. The Balaban J connectivity index is 1.95. The number of nitrogens with one attached hydrogen (secondary N) is 1. The van der Waals surface area contributed by atoms with Crippen molar-refractivity contribution in [2.24, 2.45) is 11.8 Å². The van der Waals surface area contributed by atoms with Crippen molar-refractivity contribution in [1.29, 1.82) is 0 Å². The Bertz CT molecular complexity index is 211. The average Bonchev–Trinajstić information content (AvgIpc) is 2.34. The van der Waals surface area contributed by atoms with Gasteiger partial charge in [-0.25, -0.2) is 0 Å². The lowest BCUT2D eigenvalue weighted by Gasteiger charge is -2.33. The summed E-state index contributed by atoms with van der Waals surface area (Å²) in [6.07, 6.45) is 3.75. The van der Waals surface area contributed by atoms with Crippen LogP contribution in [0.4, 0.5) is 0 Å². The smallest absolute Gasteiger partial charge is 0.0489 e. The molecule has 1 N–H and O–H groups in total. The van der Waals surface area contributed by atoms with Crippen LogP contribution < -0.4 is 5.32 Å². The maximum atomic E-state index is 5.60. The highest BCUT2D eigenvalue weighted by molar-refractivity contribution is 4.77. The third-order valence-corrected chi connectivity index (χ3v) is 3.56. The van der Waals surface area contributed by atoms with Crippen LogP contribution in [-0.2, 0) is 4.74 Å². The number of nitrogens with zero attached hydrogens (tertiary/aromatic N) is 1. The van der Waals surface area contributed by atoms with E-state index in [1.165, 1.54) is 32.5 Å². The van der Waals surface area contributed by atoms with Crippen LogP contribution in [0.1, 0.15) is 47.0 Å². The highest BCUT2D eigenvalue weighted by Gasteiger charge is 2.18. The van der Waals surface area contributed by atoms with E-state index in [4.69, 9.17) is 4.74 Å². The highest BCUT2D eigenvalue weighted by Crippen LogP contribution is 2.11. The fourth-order valence-electron chi connectivity index (χ4n) is 2.64. The van der Waals surface area contributed by atoms with Crippen LogP contribution in [-0.4, -0.2) is 50.3 Å². The molecule has 1 aliphatic heterocycles. The first-order chi connectivity index (χ1) is 9.08. The SMILES string of the molecule is CC(C)COCCCNC1CCN(CC(C)C)CC1. The minimum absolute atomic E-state index is 0.651. The molecule has 0 radical (unpaired) electrons. The Morgan fingerprint density at radius 3 is 2.37 bits per heavy atom. The zero-order chi connectivity index (χ0) is 14.1. The van der Waals surface area contributed by atoms with Gasteiger partial charge < -0.3 is 15.0 Å². The summed E-state index contributed by atoms with van der Waals surface area (Å²) in [5.41, 5.74) is 0. The van der Waals surface area contributed by atoms with Gasteiger partial charge in [0.25, 0.3) is 0 Å². The molecular weight excluding hydrogens is 236 g/mol. The van der Waals surface area contributed by atoms with Gasteiger partial charge in [0, 0.05) is 25.8 Å². The topological polar surface area (TPSA) is 24.5 Å². The largest absolute Gasteiger partial charge is 0.381 e. The van der Waals surface area contributed by atoms with Gasteiger partial charge in [-0.1, -0.05) is 27.7 Å². The summed E-state index contributed by atoms with van der Waals surface area (Å²) in [6, 6.07) is 0.730. The third-order valence-electron chi connectivity index (χ3n) is 3.56. The molecular formula is C16H34N2O. The van der Waals surface area contributed by atoms with Gasteiger partial charge in [0.2, 0.25) is 0 Å². The summed E-state index contributed by atoms with van der Waals surface area (Å²) in [5, 5.41) is 3.68. The predicted molar refractivity (Wildman–Crippen MR) is 82.6 cm³/mol. The highest BCUT2D eigenvalue weighted by atomic mass is 16.5. The zero-order valence-electron chi connectivity index (χ0n) is 13.5. The molecule has 1 fully saturated rings. The third kappa shape index (κ3) is 8.61. The molecule has 0 unspecified atom stereocenters. The number of likely N-dealkylation sites (tertiary alicyclic amines) is 1. The summed E-state index contributed by atoms with van der Waals surface area (Å²) >= 11 is 0. The van der Waals surface area contributed by atoms with Gasteiger partial charge >= 0.3 is 0 Å². The fraction of sp³-hybridized carbons (Fsp3) is 1.00. The van der Waals surface area contributed by atoms with E-state index in [0.29, 0.717) is 5.92 Å². The molecule has 0 aromatic heterocycles. The van der Waals surface area contributed by atoms with Crippen LogP contribution in [0.15, 0.2) is 0 Å². The quantitative estimate of drug-likeness (QED) is 0.652. The summed E-state index contributed by atoms with van der Waals surface area (Å²) < 4.78 is 5.60. The molecule has 114 valence electrons. The van der Waals surface area contributed by atoms with E-state index in [2.05, 4.69) is 37.9 Å². The minimum Gasteiger partial charge on any atom is -0.381 e. The summed E-state index contributed by atoms with van der Waals surface area (Å²) in [5.74, 6) is 1.45. The second-order valence-electron chi connectivity index (χ2n) is 6.75. The van der Waals surface area contributed by atoms with Crippen molar-refractivity contribution < 1.29 is 4.74 Å². The number of ether oxygens (including phenoxy) is 1. The van der Waals surface area contributed by atoms with Crippen LogP contribution in [0, 0.1) is 11.8 Å². The van der Waals surface area contributed by atoms with Gasteiger partial charge in [-0.15, -0.1) is 0 Å². The maximum Gasteiger partial charge on any atom is 0.0489 e. The Hall–Kier alpha value is -0.120. The van der Waals surface area contributed by atoms with Gasteiger partial charge in [-0.05, 0) is 50.7 Å². The molecule has 0 aromatic rings. The molecule has 1 rings (SSSR count). The first-order valence-corrected chi connectivity index (χ1v) is 8.11.